The summed E-state index contributed by atoms with van der Waals surface area (Å²) in [6.07, 6.45) is 18.7. The molecule has 0 atom stereocenters. The lowest BCUT2D eigenvalue weighted by molar-refractivity contribution is 0.307. The molecule has 1 aromatic rings. The van der Waals surface area contributed by atoms with Gasteiger partial charge in [0, 0.05) is 6.07 Å². The summed E-state index contributed by atoms with van der Waals surface area (Å²) >= 11 is 0. The van der Waals surface area contributed by atoms with Crippen molar-refractivity contribution in [3.63, 3.8) is 0 Å². The lowest BCUT2D eigenvalue weighted by atomic mass is 9.84. The van der Waals surface area contributed by atoms with Crippen LogP contribution in [0.1, 0.15) is 122 Å². The molecule has 0 bridgehead atoms. The molecule has 1 aliphatic carbocycles. The number of rotatable bonds is 15. The smallest absolute Gasteiger partial charge is 0.122 e. The molecule has 1 fully saturated rings. The van der Waals surface area contributed by atoms with E-state index in [9.17, 15) is 10.2 Å². The second kappa shape index (κ2) is 11.3. The van der Waals surface area contributed by atoms with E-state index in [0.29, 0.717) is 10.8 Å². The number of unbranched alkanes of at least 4 members (excludes halogenated alkanes) is 6. The maximum absolute atomic E-state index is 10.4. The molecule has 1 aromatic carbocycles. The molecule has 0 amide bonds. The van der Waals surface area contributed by atoms with E-state index in [2.05, 4.69) is 27.7 Å². The minimum atomic E-state index is 0.199. The lowest BCUT2D eigenvalue weighted by Crippen LogP contribution is -2.08. The fraction of sp³-hybridized carbons (Fsp3) is 0.778. The molecule has 2 heteroatoms. The third-order valence-corrected chi connectivity index (χ3v) is 7.37. The van der Waals surface area contributed by atoms with Gasteiger partial charge in [-0.15, -0.1) is 0 Å². The summed E-state index contributed by atoms with van der Waals surface area (Å²) in [6.45, 7) is 9.42. The van der Waals surface area contributed by atoms with Crippen LogP contribution in [0.2, 0.25) is 0 Å². The first-order chi connectivity index (χ1) is 13.7. The Balaban J connectivity index is 1.71. The average molecular weight is 403 g/mol. The first kappa shape index (κ1) is 24.1. The Hall–Kier alpha value is -1.18. The first-order valence-electron chi connectivity index (χ1n) is 12.3. The Morgan fingerprint density at radius 2 is 1.48 bits per heavy atom. The molecule has 1 aliphatic rings. The molecule has 0 aromatic heterocycles. The van der Waals surface area contributed by atoms with Gasteiger partial charge in [-0.2, -0.15) is 0 Å². The molecule has 166 valence electrons. The highest BCUT2D eigenvalue weighted by molar-refractivity contribution is 5.45. The summed E-state index contributed by atoms with van der Waals surface area (Å²) in [5.74, 6) is 0.485. The van der Waals surface area contributed by atoms with Gasteiger partial charge in [0.1, 0.15) is 11.5 Å². The van der Waals surface area contributed by atoms with Gasteiger partial charge in [0.15, 0.2) is 0 Å². The molecule has 0 saturated heterocycles. The second-order valence-electron chi connectivity index (χ2n) is 10.8. The average Bonchev–Trinajstić information content (AvgIpc) is 3.39. The van der Waals surface area contributed by atoms with Crippen LogP contribution >= 0.6 is 0 Å². The number of phenolic OH excluding ortho intramolecular Hbond substituents is 2. The fourth-order valence-electron chi connectivity index (χ4n) is 4.33. The minimum absolute atomic E-state index is 0.199. The third kappa shape index (κ3) is 9.01. The van der Waals surface area contributed by atoms with Gasteiger partial charge >= 0.3 is 0 Å². The van der Waals surface area contributed by atoms with Crippen LogP contribution in [0, 0.1) is 10.8 Å². The summed E-state index contributed by atoms with van der Waals surface area (Å²) < 4.78 is 0. The van der Waals surface area contributed by atoms with Gasteiger partial charge in [0.25, 0.3) is 0 Å². The monoisotopic (exact) mass is 402 g/mol. The van der Waals surface area contributed by atoms with E-state index in [1.54, 1.807) is 0 Å². The van der Waals surface area contributed by atoms with Gasteiger partial charge in [0.05, 0.1) is 0 Å². The van der Waals surface area contributed by atoms with Crippen molar-refractivity contribution < 1.29 is 10.2 Å². The van der Waals surface area contributed by atoms with Crippen LogP contribution in [0.25, 0.3) is 0 Å². The highest BCUT2D eigenvalue weighted by Crippen LogP contribution is 2.49. The predicted octanol–water partition coefficient (Wildman–Crippen LogP) is 8.32. The van der Waals surface area contributed by atoms with Gasteiger partial charge in [-0.3, -0.25) is 0 Å². The van der Waals surface area contributed by atoms with E-state index in [4.69, 9.17) is 0 Å². The van der Waals surface area contributed by atoms with Gasteiger partial charge in [-0.05, 0) is 79.4 Å². The third-order valence-electron chi connectivity index (χ3n) is 7.37. The van der Waals surface area contributed by atoms with E-state index in [0.717, 1.165) is 36.8 Å². The van der Waals surface area contributed by atoms with Crippen LogP contribution in [-0.2, 0) is 12.8 Å². The molecule has 2 nitrogen and oxygen atoms in total. The SMILES string of the molecule is CCC(C)(C)CCCCCCc1c(O)cc(O)cc1CCCCCCC1(C)CC1. The minimum Gasteiger partial charge on any atom is -0.508 e. The van der Waals surface area contributed by atoms with Crippen molar-refractivity contribution in [1.29, 1.82) is 0 Å². The normalized spacial score (nSPS) is 15.6. The Bertz CT molecular complexity index is 613. The Morgan fingerprint density at radius 1 is 0.862 bits per heavy atom. The van der Waals surface area contributed by atoms with Crippen LogP contribution in [-0.4, -0.2) is 10.2 Å². The highest BCUT2D eigenvalue weighted by Gasteiger charge is 2.35. The van der Waals surface area contributed by atoms with Gasteiger partial charge < -0.3 is 10.2 Å². The molecule has 1 saturated carbocycles. The molecule has 0 spiro atoms. The van der Waals surface area contributed by atoms with Crippen molar-refractivity contribution >= 4 is 0 Å². The summed E-state index contributed by atoms with van der Waals surface area (Å²) in [7, 11) is 0. The summed E-state index contributed by atoms with van der Waals surface area (Å²) in [4.78, 5) is 0. The Kier molecular flexibility index (Phi) is 9.37. The quantitative estimate of drug-likeness (QED) is 0.289. The number of aryl methyl sites for hydroxylation is 1. The molecule has 2 N–H and O–H groups in total. The first-order valence-corrected chi connectivity index (χ1v) is 12.3. The van der Waals surface area contributed by atoms with E-state index < -0.39 is 0 Å². The second-order valence-corrected chi connectivity index (χ2v) is 10.8. The molecular weight excluding hydrogens is 356 g/mol. The Morgan fingerprint density at radius 3 is 2.14 bits per heavy atom. The van der Waals surface area contributed by atoms with E-state index in [-0.39, 0.29) is 11.5 Å². The number of phenols is 2. The summed E-state index contributed by atoms with van der Waals surface area (Å²) in [6, 6.07) is 3.39. The number of aromatic hydroxyl groups is 2. The zero-order valence-electron chi connectivity index (χ0n) is 19.7. The maximum atomic E-state index is 10.4. The lowest BCUT2D eigenvalue weighted by Gasteiger charge is -2.22. The van der Waals surface area contributed by atoms with Crippen LogP contribution in [0.15, 0.2) is 12.1 Å². The van der Waals surface area contributed by atoms with E-state index >= 15 is 0 Å². The zero-order chi connectivity index (χ0) is 21.3. The largest absolute Gasteiger partial charge is 0.508 e. The molecule has 0 heterocycles. The predicted molar refractivity (Wildman–Crippen MR) is 125 cm³/mol. The van der Waals surface area contributed by atoms with Gasteiger partial charge in [-0.1, -0.05) is 72.6 Å². The zero-order valence-corrected chi connectivity index (χ0v) is 19.7. The maximum Gasteiger partial charge on any atom is 0.122 e. The van der Waals surface area contributed by atoms with Gasteiger partial charge in [-0.25, -0.2) is 0 Å². The number of hydrogen-bond acceptors (Lipinski definition) is 2. The number of benzene rings is 1. The fourth-order valence-corrected chi connectivity index (χ4v) is 4.33. The standard InChI is InChI=1S/C27H46O2/c1-5-26(2,3)16-12-8-7-11-15-24-22(20-23(28)21-25(24)29)14-10-6-9-13-17-27(4)18-19-27/h20-21,28-29H,5-19H2,1-4H3. The molecular formula is C27H46O2. The molecule has 0 unspecified atom stereocenters. The molecule has 29 heavy (non-hydrogen) atoms. The van der Waals surface area contributed by atoms with Crippen LogP contribution in [0.4, 0.5) is 0 Å². The van der Waals surface area contributed by atoms with Crippen LogP contribution in [0.3, 0.4) is 0 Å². The topological polar surface area (TPSA) is 40.5 Å². The van der Waals surface area contributed by atoms with Crippen molar-refractivity contribution in [3.8, 4) is 11.5 Å². The Labute approximate surface area is 180 Å². The van der Waals surface area contributed by atoms with Crippen LogP contribution in [0.5, 0.6) is 11.5 Å². The summed E-state index contributed by atoms with van der Waals surface area (Å²) in [5, 5.41) is 20.3. The number of hydrogen-bond donors (Lipinski definition) is 2. The molecule has 2 rings (SSSR count). The van der Waals surface area contributed by atoms with Crippen molar-refractivity contribution in [1.82, 2.24) is 0 Å². The van der Waals surface area contributed by atoms with Crippen molar-refractivity contribution in [3.05, 3.63) is 23.3 Å². The van der Waals surface area contributed by atoms with Gasteiger partial charge in [0.2, 0.25) is 0 Å². The molecule has 0 aliphatic heterocycles. The van der Waals surface area contributed by atoms with Crippen LogP contribution < -0.4 is 0 Å². The van der Waals surface area contributed by atoms with E-state index in [1.165, 1.54) is 76.7 Å². The van der Waals surface area contributed by atoms with Crippen molar-refractivity contribution in [2.75, 3.05) is 0 Å². The van der Waals surface area contributed by atoms with Crippen molar-refractivity contribution in [2.24, 2.45) is 10.8 Å². The van der Waals surface area contributed by atoms with E-state index in [1.807, 2.05) is 6.07 Å². The summed E-state index contributed by atoms with van der Waals surface area (Å²) in [5.41, 5.74) is 3.38. The van der Waals surface area contributed by atoms with Crippen molar-refractivity contribution in [2.45, 2.75) is 124 Å². The highest BCUT2D eigenvalue weighted by atomic mass is 16.3. The molecule has 0 radical (unpaired) electrons.